The van der Waals surface area contributed by atoms with Gasteiger partial charge in [-0.25, -0.2) is 4.79 Å². The third kappa shape index (κ3) is 6.52. The molecule has 0 radical (unpaired) electrons. The molecule has 3 nitrogen and oxygen atoms in total. The van der Waals surface area contributed by atoms with Gasteiger partial charge in [-0.05, 0) is 69.6 Å². The van der Waals surface area contributed by atoms with E-state index in [1.54, 1.807) is 17.8 Å². The number of benzene rings is 3. The summed E-state index contributed by atoms with van der Waals surface area (Å²) < 4.78 is 6.26. The van der Waals surface area contributed by atoms with E-state index >= 15 is 0 Å². The second-order valence-electron chi connectivity index (χ2n) is 6.08. The van der Waals surface area contributed by atoms with Gasteiger partial charge in [0.05, 0.1) is 0 Å². The van der Waals surface area contributed by atoms with Crippen molar-refractivity contribution in [1.82, 2.24) is 0 Å². The fourth-order valence-corrected chi connectivity index (χ4v) is 4.66. The molecule has 0 aliphatic carbocycles. The number of aliphatic carboxylic acids is 1. The molecule has 148 valence electrons. The summed E-state index contributed by atoms with van der Waals surface area (Å²) in [6.45, 7) is -0.342. The average Bonchev–Trinajstić information content (AvgIpc) is 2.71. The topological polar surface area (TPSA) is 46.5 Å². The van der Waals surface area contributed by atoms with Crippen molar-refractivity contribution in [2.75, 3.05) is 12.4 Å². The van der Waals surface area contributed by atoms with Crippen LogP contribution in [0.2, 0.25) is 5.02 Å². The van der Waals surface area contributed by atoms with Gasteiger partial charge >= 0.3 is 5.97 Å². The number of ether oxygens (including phenoxy) is 1. The quantitative estimate of drug-likeness (QED) is 0.259. The van der Waals surface area contributed by atoms with Gasteiger partial charge in [-0.3, -0.25) is 0 Å². The standard InChI is InChI=1S/C23H18ClIO3S/c24-18-8-4-7-17(13-18)20(16-5-2-1-3-6-16)11-12-29-22-10-9-19(14-21(22)25)28-15-23(26)27/h1-11,13-14H,12,15H2,(H,26,27). The van der Waals surface area contributed by atoms with E-state index in [9.17, 15) is 4.79 Å². The molecule has 0 amide bonds. The van der Waals surface area contributed by atoms with Gasteiger partial charge in [0.25, 0.3) is 0 Å². The van der Waals surface area contributed by atoms with Crippen LogP contribution in [0.3, 0.4) is 0 Å². The predicted octanol–water partition coefficient (Wildman–Crippen LogP) is 6.63. The molecule has 3 aromatic rings. The molecule has 0 heterocycles. The molecule has 29 heavy (non-hydrogen) atoms. The highest BCUT2D eigenvalue weighted by Gasteiger charge is 2.07. The van der Waals surface area contributed by atoms with Crippen LogP contribution in [0.1, 0.15) is 11.1 Å². The van der Waals surface area contributed by atoms with E-state index in [0.29, 0.717) is 10.8 Å². The van der Waals surface area contributed by atoms with Crippen molar-refractivity contribution in [2.45, 2.75) is 4.90 Å². The zero-order valence-electron chi connectivity index (χ0n) is 15.3. The minimum Gasteiger partial charge on any atom is -0.482 e. The van der Waals surface area contributed by atoms with Crippen LogP contribution in [0.4, 0.5) is 0 Å². The van der Waals surface area contributed by atoms with E-state index in [2.05, 4.69) is 46.9 Å². The minimum absolute atomic E-state index is 0.342. The number of hydrogen-bond acceptors (Lipinski definition) is 3. The van der Waals surface area contributed by atoms with Crippen LogP contribution in [0.25, 0.3) is 5.57 Å². The molecule has 0 spiro atoms. The summed E-state index contributed by atoms with van der Waals surface area (Å²) in [5, 5.41) is 9.44. The van der Waals surface area contributed by atoms with Crippen LogP contribution in [0.15, 0.2) is 83.8 Å². The molecule has 0 saturated heterocycles. The smallest absolute Gasteiger partial charge is 0.341 e. The molecule has 0 aliphatic heterocycles. The lowest BCUT2D eigenvalue weighted by atomic mass is 9.98. The normalized spacial score (nSPS) is 11.3. The van der Waals surface area contributed by atoms with Crippen LogP contribution in [-0.2, 0) is 4.79 Å². The van der Waals surface area contributed by atoms with Gasteiger partial charge in [-0.1, -0.05) is 60.1 Å². The molecule has 3 rings (SSSR count). The fraction of sp³-hybridized carbons (Fsp3) is 0.0870. The van der Waals surface area contributed by atoms with Gasteiger partial charge in [0.1, 0.15) is 5.75 Å². The fourth-order valence-electron chi connectivity index (χ4n) is 2.72. The van der Waals surface area contributed by atoms with Crippen LogP contribution in [-0.4, -0.2) is 23.4 Å². The van der Waals surface area contributed by atoms with Crippen molar-refractivity contribution in [3.05, 3.63) is 98.6 Å². The van der Waals surface area contributed by atoms with Gasteiger partial charge in [0.15, 0.2) is 6.61 Å². The summed E-state index contributed by atoms with van der Waals surface area (Å²) in [5.41, 5.74) is 3.36. The van der Waals surface area contributed by atoms with Gasteiger partial charge in [0, 0.05) is 19.2 Å². The van der Waals surface area contributed by atoms with Gasteiger partial charge in [-0.15, -0.1) is 11.8 Å². The van der Waals surface area contributed by atoms with Crippen molar-refractivity contribution in [2.24, 2.45) is 0 Å². The third-order valence-electron chi connectivity index (χ3n) is 4.01. The maximum Gasteiger partial charge on any atom is 0.341 e. The number of hydrogen-bond donors (Lipinski definition) is 1. The second kappa shape index (κ2) is 10.7. The van der Waals surface area contributed by atoms with Gasteiger partial charge < -0.3 is 9.84 Å². The molecular weight excluding hydrogens is 519 g/mol. The number of carboxylic acid groups (broad SMARTS) is 1. The largest absolute Gasteiger partial charge is 0.482 e. The Morgan fingerprint density at radius 2 is 1.79 bits per heavy atom. The molecule has 3 aromatic carbocycles. The van der Waals surface area contributed by atoms with Crippen molar-refractivity contribution < 1.29 is 14.6 Å². The first kappa shape index (κ1) is 21.7. The van der Waals surface area contributed by atoms with Crippen LogP contribution >= 0.6 is 46.0 Å². The zero-order valence-corrected chi connectivity index (χ0v) is 19.1. The number of thioether (sulfide) groups is 1. The first-order valence-corrected chi connectivity index (χ1v) is 11.3. The molecule has 0 fully saturated rings. The first-order chi connectivity index (χ1) is 14.0. The Morgan fingerprint density at radius 3 is 2.48 bits per heavy atom. The number of carbonyl (C=O) groups is 1. The molecule has 0 atom stereocenters. The molecule has 6 heteroatoms. The number of rotatable bonds is 8. The molecule has 0 bridgehead atoms. The highest BCUT2D eigenvalue weighted by atomic mass is 127. The summed E-state index contributed by atoms with van der Waals surface area (Å²) in [6.07, 6.45) is 2.20. The lowest BCUT2D eigenvalue weighted by Gasteiger charge is -2.10. The van der Waals surface area contributed by atoms with E-state index in [-0.39, 0.29) is 6.61 Å². The third-order valence-corrected chi connectivity index (χ3v) is 6.51. The Labute approximate surface area is 192 Å². The molecule has 1 N–H and O–H groups in total. The lowest BCUT2D eigenvalue weighted by Crippen LogP contribution is -2.09. The number of halogens is 2. The first-order valence-electron chi connectivity index (χ1n) is 8.81. The highest BCUT2D eigenvalue weighted by molar-refractivity contribution is 14.1. The van der Waals surface area contributed by atoms with E-state index in [0.717, 1.165) is 30.9 Å². The SMILES string of the molecule is O=C(O)COc1ccc(SCC=C(c2ccccc2)c2cccc(Cl)c2)c(I)c1. The Kier molecular flexibility index (Phi) is 8.03. The average molecular weight is 537 g/mol. The summed E-state index contributed by atoms with van der Waals surface area (Å²) in [7, 11) is 0. The highest BCUT2D eigenvalue weighted by Crippen LogP contribution is 2.31. The van der Waals surface area contributed by atoms with Crippen molar-refractivity contribution in [3.63, 3.8) is 0 Å². The Bertz CT molecular complexity index is 1020. The number of carboxylic acids is 1. The van der Waals surface area contributed by atoms with Crippen molar-refractivity contribution in [3.8, 4) is 5.75 Å². The molecular formula is C23H18ClIO3S. The van der Waals surface area contributed by atoms with Crippen molar-refractivity contribution >= 4 is 57.5 Å². The Morgan fingerprint density at radius 1 is 1.03 bits per heavy atom. The molecule has 0 unspecified atom stereocenters. The Balaban J connectivity index is 1.77. The lowest BCUT2D eigenvalue weighted by molar-refractivity contribution is -0.139. The van der Waals surface area contributed by atoms with Crippen LogP contribution in [0, 0.1) is 3.57 Å². The summed E-state index contributed by atoms with van der Waals surface area (Å²) in [5.74, 6) is 0.348. The van der Waals surface area contributed by atoms with Gasteiger partial charge in [0.2, 0.25) is 0 Å². The van der Waals surface area contributed by atoms with E-state index in [1.165, 1.54) is 0 Å². The van der Waals surface area contributed by atoms with E-state index < -0.39 is 5.97 Å². The minimum atomic E-state index is -0.988. The predicted molar refractivity (Wildman–Crippen MR) is 128 cm³/mol. The van der Waals surface area contributed by atoms with E-state index in [4.69, 9.17) is 21.4 Å². The van der Waals surface area contributed by atoms with Gasteiger partial charge in [-0.2, -0.15) is 0 Å². The van der Waals surface area contributed by atoms with Crippen LogP contribution in [0.5, 0.6) is 5.75 Å². The maximum atomic E-state index is 10.6. The molecule has 0 aliphatic rings. The Hall–Kier alpha value is -1.96. The molecule has 0 saturated carbocycles. The molecule has 0 aromatic heterocycles. The zero-order chi connectivity index (χ0) is 20.6. The summed E-state index contributed by atoms with van der Waals surface area (Å²) in [6, 6.07) is 23.7. The monoisotopic (exact) mass is 536 g/mol. The van der Waals surface area contributed by atoms with Crippen LogP contribution < -0.4 is 4.74 Å². The second-order valence-corrected chi connectivity index (χ2v) is 8.74. The van der Waals surface area contributed by atoms with E-state index in [1.807, 2.05) is 48.5 Å². The summed E-state index contributed by atoms with van der Waals surface area (Å²) in [4.78, 5) is 11.8. The maximum absolute atomic E-state index is 10.6. The van der Waals surface area contributed by atoms with Crippen molar-refractivity contribution in [1.29, 1.82) is 0 Å². The summed E-state index contributed by atoms with van der Waals surface area (Å²) >= 11 is 10.2.